The van der Waals surface area contributed by atoms with Gasteiger partial charge in [-0.2, -0.15) is 0 Å². The van der Waals surface area contributed by atoms with Crippen LogP contribution in [0.1, 0.15) is 0 Å². The summed E-state index contributed by atoms with van der Waals surface area (Å²) in [6.07, 6.45) is 1.27. The summed E-state index contributed by atoms with van der Waals surface area (Å²) in [6, 6.07) is 1.27. The Morgan fingerprint density at radius 3 is 2.88 bits per heavy atom. The molecule has 44 valence electrons. The summed E-state index contributed by atoms with van der Waals surface area (Å²) < 4.78 is 24.1. The van der Waals surface area contributed by atoms with Crippen molar-refractivity contribution in [2.75, 3.05) is 0 Å². The molecule has 0 amide bonds. The summed E-state index contributed by atoms with van der Waals surface area (Å²) >= 11 is -2.28. The quantitative estimate of drug-likeness (QED) is 0.501. The van der Waals surface area contributed by atoms with E-state index in [4.69, 9.17) is 0 Å². The van der Waals surface area contributed by atoms with E-state index in [1.165, 1.54) is 12.3 Å². The number of nitrogens with zero attached hydrogens (tertiary/aromatic N) is 1. The van der Waals surface area contributed by atoms with E-state index in [0.717, 1.165) is 0 Å². The molecule has 0 N–H and O–H groups in total. The molecule has 1 atom stereocenters. The lowest BCUT2D eigenvalue weighted by Crippen LogP contribution is -1.82. The van der Waals surface area contributed by atoms with Gasteiger partial charge in [-0.3, -0.25) is 4.21 Å². The lowest BCUT2D eigenvalue weighted by atomic mass is 10.8. The normalized spacial score (nSPS) is 13.6. The van der Waals surface area contributed by atoms with Crippen molar-refractivity contribution in [3.63, 3.8) is 0 Å². The molecule has 5 heteroatoms. The second-order valence-corrected chi connectivity index (χ2v) is 1.94. The van der Waals surface area contributed by atoms with E-state index in [1.807, 2.05) is 0 Å². The highest BCUT2D eigenvalue weighted by Crippen LogP contribution is 1.98. The summed E-state index contributed by atoms with van der Waals surface area (Å²) in [6.45, 7) is 0. The first kappa shape index (κ1) is 5.46. The number of hydrogen-bond donors (Lipinski definition) is 0. The minimum atomic E-state index is -2.28. The Morgan fingerprint density at radius 1 is 1.88 bits per heavy atom. The molecular formula is C3H2NO3S-. The average molecular weight is 132 g/mol. The summed E-state index contributed by atoms with van der Waals surface area (Å²) in [5, 5.41) is 3.04. The van der Waals surface area contributed by atoms with E-state index >= 15 is 0 Å². The molecule has 1 aromatic heterocycles. The van der Waals surface area contributed by atoms with Crippen LogP contribution in [-0.2, 0) is 11.1 Å². The van der Waals surface area contributed by atoms with Gasteiger partial charge in [0.2, 0.25) is 5.09 Å². The van der Waals surface area contributed by atoms with Crippen molar-refractivity contribution < 1.29 is 13.3 Å². The van der Waals surface area contributed by atoms with Gasteiger partial charge in [-0.05, 0) is 0 Å². The molecule has 0 saturated carbocycles. The van der Waals surface area contributed by atoms with E-state index in [2.05, 4.69) is 9.68 Å². The Bertz CT molecular complexity index is 182. The minimum Gasteiger partial charge on any atom is -0.766 e. The van der Waals surface area contributed by atoms with Gasteiger partial charge in [0.1, 0.15) is 0 Å². The Hall–Kier alpha value is -0.680. The third kappa shape index (κ3) is 0.932. The fraction of sp³-hybridized carbons (Fsp3) is 0. The molecule has 0 aliphatic rings. The summed E-state index contributed by atoms with van der Waals surface area (Å²) in [5.41, 5.74) is 0. The molecule has 1 rings (SSSR count). The highest BCUT2D eigenvalue weighted by atomic mass is 32.2. The maximum atomic E-state index is 9.93. The van der Waals surface area contributed by atoms with Crippen LogP contribution in [0.25, 0.3) is 0 Å². The second-order valence-electron chi connectivity index (χ2n) is 1.07. The molecule has 0 aromatic carbocycles. The van der Waals surface area contributed by atoms with Gasteiger partial charge in [0.05, 0.1) is 6.20 Å². The molecule has 0 saturated heterocycles. The van der Waals surface area contributed by atoms with Gasteiger partial charge in [-0.1, -0.05) is 5.16 Å². The summed E-state index contributed by atoms with van der Waals surface area (Å²) in [4.78, 5) is 0. The van der Waals surface area contributed by atoms with Crippen molar-refractivity contribution in [1.82, 2.24) is 5.16 Å². The number of hydrogen-bond acceptors (Lipinski definition) is 4. The lowest BCUT2D eigenvalue weighted by Gasteiger charge is -1.94. The Labute approximate surface area is 47.8 Å². The largest absolute Gasteiger partial charge is 0.766 e. The standard InChI is InChI=1S/C3H3NO3S/c5-8(6)3-1-2-4-7-3/h1-2H,(H,5,6)/p-1. The van der Waals surface area contributed by atoms with Crippen LogP contribution in [0, 0.1) is 0 Å². The lowest BCUT2D eigenvalue weighted by molar-refractivity contribution is 0.334. The SMILES string of the molecule is O=S([O-])c1ccno1. The molecule has 8 heavy (non-hydrogen) atoms. The molecular weight excluding hydrogens is 130 g/mol. The third-order valence-corrected chi connectivity index (χ3v) is 1.12. The Balaban J connectivity index is 2.93. The van der Waals surface area contributed by atoms with Crippen LogP contribution in [0.15, 0.2) is 21.9 Å². The fourth-order valence-corrected chi connectivity index (χ4v) is 0.566. The molecule has 0 fully saturated rings. The van der Waals surface area contributed by atoms with Crippen molar-refractivity contribution in [2.24, 2.45) is 0 Å². The van der Waals surface area contributed by atoms with Crippen molar-refractivity contribution in [3.05, 3.63) is 12.3 Å². The average Bonchev–Trinajstić information content (AvgIpc) is 2.12. The highest BCUT2D eigenvalue weighted by Gasteiger charge is 1.91. The van der Waals surface area contributed by atoms with Crippen LogP contribution >= 0.6 is 0 Å². The molecule has 0 aliphatic carbocycles. The smallest absolute Gasteiger partial charge is 0.209 e. The predicted octanol–water partition coefficient (Wildman–Crippen LogP) is -0.0874. The van der Waals surface area contributed by atoms with Crippen LogP contribution in [0.5, 0.6) is 0 Å². The van der Waals surface area contributed by atoms with Crippen molar-refractivity contribution in [2.45, 2.75) is 5.09 Å². The monoisotopic (exact) mass is 132 g/mol. The van der Waals surface area contributed by atoms with Gasteiger partial charge in [-0.15, -0.1) is 0 Å². The van der Waals surface area contributed by atoms with Gasteiger partial charge in [-0.25, -0.2) is 0 Å². The first-order chi connectivity index (χ1) is 3.80. The minimum absolute atomic E-state index is 0.134. The Kier molecular flexibility index (Phi) is 1.40. The summed E-state index contributed by atoms with van der Waals surface area (Å²) in [5.74, 6) is 0. The van der Waals surface area contributed by atoms with Crippen molar-refractivity contribution in [3.8, 4) is 0 Å². The fourth-order valence-electron chi connectivity index (χ4n) is 0.290. The molecule has 1 heterocycles. The van der Waals surface area contributed by atoms with Gasteiger partial charge in [0.15, 0.2) is 0 Å². The van der Waals surface area contributed by atoms with Gasteiger partial charge >= 0.3 is 0 Å². The van der Waals surface area contributed by atoms with Crippen LogP contribution < -0.4 is 0 Å². The van der Waals surface area contributed by atoms with Gasteiger partial charge in [0, 0.05) is 17.1 Å². The van der Waals surface area contributed by atoms with E-state index in [-0.39, 0.29) is 5.09 Å². The second kappa shape index (κ2) is 2.06. The molecule has 0 aliphatic heterocycles. The molecule has 4 nitrogen and oxygen atoms in total. The van der Waals surface area contributed by atoms with Crippen molar-refractivity contribution >= 4 is 11.1 Å². The first-order valence-corrected chi connectivity index (χ1v) is 2.88. The van der Waals surface area contributed by atoms with Crippen LogP contribution in [0.4, 0.5) is 0 Å². The zero-order chi connectivity index (χ0) is 5.98. The maximum absolute atomic E-state index is 9.93. The zero-order valence-electron chi connectivity index (χ0n) is 3.73. The highest BCUT2D eigenvalue weighted by molar-refractivity contribution is 7.79. The van der Waals surface area contributed by atoms with Gasteiger partial charge < -0.3 is 9.08 Å². The predicted molar refractivity (Wildman–Crippen MR) is 23.7 cm³/mol. The molecule has 0 spiro atoms. The number of rotatable bonds is 1. The van der Waals surface area contributed by atoms with Crippen LogP contribution in [-0.4, -0.2) is 13.9 Å². The molecule has 0 radical (unpaired) electrons. The van der Waals surface area contributed by atoms with E-state index < -0.39 is 11.1 Å². The number of aromatic nitrogens is 1. The zero-order valence-corrected chi connectivity index (χ0v) is 4.55. The van der Waals surface area contributed by atoms with E-state index in [9.17, 15) is 8.76 Å². The van der Waals surface area contributed by atoms with E-state index in [0.29, 0.717) is 0 Å². The summed E-state index contributed by atoms with van der Waals surface area (Å²) in [7, 11) is 0. The van der Waals surface area contributed by atoms with Crippen molar-refractivity contribution in [1.29, 1.82) is 0 Å². The van der Waals surface area contributed by atoms with Crippen LogP contribution in [0.2, 0.25) is 0 Å². The maximum Gasteiger partial charge on any atom is 0.209 e. The topological polar surface area (TPSA) is 66.2 Å². The molecule has 0 bridgehead atoms. The third-order valence-electron chi connectivity index (χ3n) is 0.578. The Morgan fingerprint density at radius 2 is 2.62 bits per heavy atom. The van der Waals surface area contributed by atoms with E-state index in [1.54, 1.807) is 0 Å². The molecule has 1 unspecified atom stereocenters. The molecule has 1 aromatic rings. The van der Waals surface area contributed by atoms with Crippen LogP contribution in [0.3, 0.4) is 0 Å². The van der Waals surface area contributed by atoms with Gasteiger partial charge in [0.25, 0.3) is 0 Å². The first-order valence-electron chi connectivity index (χ1n) is 1.80.